The second-order valence-corrected chi connectivity index (χ2v) is 9.23. The first-order chi connectivity index (χ1) is 16.9. The molecule has 0 spiro atoms. The molecule has 0 bridgehead atoms. The summed E-state index contributed by atoms with van der Waals surface area (Å²) in [5.74, 6) is 0.351. The van der Waals surface area contributed by atoms with Crippen molar-refractivity contribution < 1.29 is 27.5 Å². The van der Waals surface area contributed by atoms with E-state index in [-0.39, 0.29) is 23.4 Å². The van der Waals surface area contributed by atoms with Crippen molar-refractivity contribution in [1.82, 2.24) is 15.6 Å². The molecule has 0 aromatic heterocycles. The van der Waals surface area contributed by atoms with Crippen LogP contribution in [0.1, 0.15) is 28.8 Å². The number of carbonyl (C=O) groups is 2. The lowest BCUT2D eigenvalue weighted by Crippen LogP contribution is -2.41. The van der Waals surface area contributed by atoms with Crippen molar-refractivity contribution >= 4 is 21.8 Å². The van der Waals surface area contributed by atoms with Gasteiger partial charge in [-0.15, -0.1) is 0 Å². The molecule has 3 N–H and O–H groups in total. The van der Waals surface area contributed by atoms with Crippen LogP contribution in [-0.4, -0.2) is 33.9 Å². The van der Waals surface area contributed by atoms with Gasteiger partial charge < -0.3 is 9.47 Å². The van der Waals surface area contributed by atoms with Crippen LogP contribution in [0, 0.1) is 0 Å². The van der Waals surface area contributed by atoms with Gasteiger partial charge >= 0.3 is 0 Å². The van der Waals surface area contributed by atoms with E-state index in [0.29, 0.717) is 18.8 Å². The highest BCUT2D eigenvalue weighted by Crippen LogP contribution is 2.17. The van der Waals surface area contributed by atoms with Crippen molar-refractivity contribution in [3.05, 3.63) is 90.0 Å². The fraction of sp³-hybridized carbons (Fsp3) is 0.200. The van der Waals surface area contributed by atoms with Gasteiger partial charge in [0, 0.05) is 18.5 Å². The Balaban J connectivity index is 1.43. The number of sulfonamides is 1. The molecule has 0 aliphatic rings. The van der Waals surface area contributed by atoms with Crippen LogP contribution in [0.15, 0.2) is 83.8 Å². The van der Waals surface area contributed by atoms with Gasteiger partial charge in [-0.1, -0.05) is 36.4 Å². The largest absolute Gasteiger partial charge is 0.497 e. The summed E-state index contributed by atoms with van der Waals surface area (Å²) in [6.07, 6.45) is 0.572. The van der Waals surface area contributed by atoms with E-state index in [1.165, 1.54) is 24.3 Å². The Labute approximate surface area is 204 Å². The molecular formula is C25H27N3O6S. The lowest BCUT2D eigenvalue weighted by molar-refractivity contribution is -0.122. The maximum atomic E-state index is 12.6. The zero-order valence-electron chi connectivity index (χ0n) is 19.2. The number of nitrogens with one attached hydrogen (secondary N) is 3. The molecule has 0 heterocycles. The van der Waals surface area contributed by atoms with E-state index < -0.39 is 21.8 Å². The Bertz CT molecular complexity index is 1230. The second-order valence-electron chi connectivity index (χ2n) is 7.47. The third kappa shape index (κ3) is 8.13. The van der Waals surface area contributed by atoms with Crippen LogP contribution in [0.4, 0.5) is 0 Å². The van der Waals surface area contributed by atoms with Gasteiger partial charge in [-0.3, -0.25) is 20.4 Å². The zero-order valence-corrected chi connectivity index (χ0v) is 20.0. The minimum atomic E-state index is -3.83. The van der Waals surface area contributed by atoms with Gasteiger partial charge in [0.2, 0.25) is 15.9 Å². The van der Waals surface area contributed by atoms with Crippen LogP contribution in [0.3, 0.4) is 0 Å². The molecule has 0 unspecified atom stereocenters. The van der Waals surface area contributed by atoms with Crippen molar-refractivity contribution in [2.24, 2.45) is 0 Å². The molecule has 3 aromatic carbocycles. The predicted octanol–water partition coefficient (Wildman–Crippen LogP) is 2.79. The average molecular weight is 498 g/mol. The van der Waals surface area contributed by atoms with E-state index >= 15 is 0 Å². The molecule has 9 nitrogen and oxygen atoms in total. The van der Waals surface area contributed by atoms with Crippen LogP contribution < -0.4 is 25.0 Å². The van der Waals surface area contributed by atoms with Crippen molar-refractivity contribution in [2.45, 2.75) is 24.3 Å². The second kappa shape index (κ2) is 12.5. The van der Waals surface area contributed by atoms with Gasteiger partial charge in [-0.05, 0) is 54.4 Å². The minimum absolute atomic E-state index is 0.0527. The molecule has 2 amide bonds. The number of amides is 2. The summed E-state index contributed by atoms with van der Waals surface area (Å²) in [6.45, 7) is 0.446. The fourth-order valence-electron chi connectivity index (χ4n) is 3.02. The van der Waals surface area contributed by atoms with Crippen LogP contribution in [0.25, 0.3) is 0 Å². The Morgan fingerprint density at radius 3 is 2.29 bits per heavy atom. The lowest BCUT2D eigenvalue weighted by Gasteiger charge is -2.10. The highest BCUT2D eigenvalue weighted by Gasteiger charge is 2.16. The molecule has 3 rings (SSSR count). The standard InChI is InChI=1S/C25H27N3O6S/c1-33-21-12-14-22(15-13-21)34-16-6-11-24(29)27-28-25(30)20-9-5-10-23(17-20)35(31,32)26-18-19-7-3-2-4-8-19/h2-5,7-10,12-15,17,26H,6,11,16,18H2,1H3,(H,27,29)(H,28,30). The van der Waals surface area contributed by atoms with E-state index in [9.17, 15) is 18.0 Å². The molecule has 0 aliphatic heterocycles. The highest BCUT2D eigenvalue weighted by atomic mass is 32.2. The van der Waals surface area contributed by atoms with Crippen LogP contribution in [-0.2, 0) is 21.4 Å². The number of hydrazine groups is 1. The van der Waals surface area contributed by atoms with Crippen molar-refractivity contribution in [2.75, 3.05) is 13.7 Å². The fourth-order valence-corrected chi connectivity index (χ4v) is 4.08. The van der Waals surface area contributed by atoms with Crippen LogP contribution >= 0.6 is 0 Å². The smallest absolute Gasteiger partial charge is 0.269 e. The van der Waals surface area contributed by atoms with E-state index in [1.54, 1.807) is 43.5 Å². The first-order valence-electron chi connectivity index (χ1n) is 10.9. The molecule has 184 valence electrons. The van der Waals surface area contributed by atoms with E-state index in [1.807, 2.05) is 18.2 Å². The molecule has 0 saturated heterocycles. The Hall–Kier alpha value is -3.89. The summed E-state index contributed by atoms with van der Waals surface area (Å²) in [5.41, 5.74) is 5.52. The van der Waals surface area contributed by atoms with Crippen LogP contribution in [0.5, 0.6) is 11.5 Å². The van der Waals surface area contributed by atoms with E-state index in [2.05, 4.69) is 15.6 Å². The summed E-state index contributed by atoms with van der Waals surface area (Å²) < 4.78 is 38.3. The summed E-state index contributed by atoms with van der Waals surface area (Å²) in [5, 5.41) is 0. The van der Waals surface area contributed by atoms with Gasteiger partial charge in [0.25, 0.3) is 5.91 Å². The van der Waals surface area contributed by atoms with Crippen molar-refractivity contribution in [1.29, 1.82) is 0 Å². The molecule has 0 radical (unpaired) electrons. The average Bonchev–Trinajstić information content (AvgIpc) is 2.89. The molecule has 0 atom stereocenters. The SMILES string of the molecule is COc1ccc(OCCCC(=O)NNC(=O)c2cccc(S(=O)(=O)NCc3ccccc3)c2)cc1. The summed E-state index contributed by atoms with van der Waals surface area (Å²) in [4.78, 5) is 24.4. The summed E-state index contributed by atoms with van der Waals surface area (Å²) in [7, 11) is -2.25. The maximum Gasteiger partial charge on any atom is 0.269 e. The number of hydrogen-bond acceptors (Lipinski definition) is 6. The normalized spacial score (nSPS) is 10.9. The van der Waals surface area contributed by atoms with Gasteiger partial charge in [0.1, 0.15) is 11.5 Å². The number of methoxy groups -OCH3 is 1. The molecule has 0 fully saturated rings. The van der Waals surface area contributed by atoms with Crippen molar-refractivity contribution in [3.63, 3.8) is 0 Å². The molecule has 0 saturated carbocycles. The summed E-state index contributed by atoms with van der Waals surface area (Å²) >= 11 is 0. The zero-order chi connectivity index (χ0) is 25.1. The quantitative estimate of drug-likeness (QED) is 0.277. The van der Waals surface area contributed by atoms with Gasteiger partial charge in [-0.25, -0.2) is 13.1 Å². The molecule has 10 heteroatoms. The first-order valence-corrected chi connectivity index (χ1v) is 12.4. The third-order valence-electron chi connectivity index (χ3n) is 4.91. The monoisotopic (exact) mass is 497 g/mol. The number of hydrogen-bond donors (Lipinski definition) is 3. The first kappa shape index (κ1) is 25.7. The Morgan fingerprint density at radius 2 is 1.57 bits per heavy atom. The molecule has 3 aromatic rings. The van der Waals surface area contributed by atoms with Crippen LogP contribution in [0.2, 0.25) is 0 Å². The Morgan fingerprint density at radius 1 is 0.857 bits per heavy atom. The molecule has 0 aliphatic carbocycles. The maximum absolute atomic E-state index is 12.6. The molecule has 35 heavy (non-hydrogen) atoms. The highest BCUT2D eigenvalue weighted by molar-refractivity contribution is 7.89. The van der Waals surface area contributed by atoms with Gasteiger partial charge in [-0.2, -0.15) is 0 Å². The minimum Gasteiger partial charge on any atom is -0.497 e. The topological polar surface area (TPSA) is 123 Å². The third-order valence-corrected chi connectivity index (χ3v) is 6.31. The number of ether oxygens (including phenoxy) is 2. The van der Waals surface area contributed by atoms with Crippen molar-refractivity contribution in [3.8, 4) is 11.5 Å². The number of rotatable bonds is 11. The van der Waals surface area contributed by atoms with E-state index in [4.69, 9.17) is 9.47 Å². The van der Waals surface area contributed by atoms with Gasteiger partial charge in [0.15, 0.2) is 0 Å². The Kier molecular flexibility index (Phi) is 9.22. The summed E-state index contributed by atoms with van der Waals surface area (Å²) in [6, 6.07) is 21.7. The van der Waals surface area contributed by atoms with E-state index in [0.717, 1.165) is 11.3 Å². The predicted molar refractivity (Wildman–Crippen MR) is 130 cm³/mol. The number of carbonyl (C=O) groups excluding carboxylic acids is 2. The molecular weight excluding hydrogens is 470 g/mol. The lowest BCUT2D eigenvalue weighted by atomic mass is 10.2. The van der Waals surface area contributed by atoms with Gasteiger partial charge in [0.05, 0.1) is 18.6 Å². The number of benzene rings is 3.